The maximum absolute atomic E-state index is 12.6. The number of carbonyl (C=O) groups is 1. The number of nitrogens with one attached hydrogen (secondary N) is 2. The molecule has 0 aliphatic rings. The Bertz CT molecular complexity index is 1570. The second kappa shape index (κ2) is 9.37. The standard InChI is InChI=1S/C27H20ClN3O3S/c1-15-3-4-18(13-16(15)2)22-11-12-24(33-22)25(32)31-27(35)29-20-9-10-23-21(14-20)30-26(34-23)17-5-7-19(28)8-6-17/h3-14H,1-2H3,(H2,29,31,32,35). The Kier molecular flexibility index (Phi) is 6.11. The van der Waals surface area contributed by atoms with E-state index in [9.17, 15) is 4.79 Å². The third kappa shape index (κ3) is 4.96. The van der Waals surface area contributed by atoms with Crippen LogP contribution < -0.4 is 10.6 Å². The summed E-state index contributed by atoms with van der Waals surface area (Å²) >= 11 is 11.3. The van der Waals surface area contributed by atoms with Gasteiger partial charge in [-0.25, -0.2) is 4.98 Å². The summed E-state index contributed by atoms with van der Waals surface area (Å²) < 4.78 is 11.6. The molecule has 0 spiro atoms. The van der Waals surface area contributed by atoms with Crippen LogP contribution >= 0.6 is 23.8 Å². The molecule has 0 unspecified atom stereocenters. The predicted molar refractivity (Wildman–Crippen MR) is 142 cm³/mol. The van der Waals surface area contributed by atoms with E-state index in [1.807, 2.05) is 44.2 Å². The van der Waals surface area contributed by atoms with Gasteiger partial charge in [-0.3, -0.25) is 10.1 Å². The van der Waals surface area contributed by atoms with Crippen molar-refractivity contribution >= 4 is 51.6 Å². The van der Waals surface area contributed by atoms with Crippen LogP contribution in [0.2, 0.25) is 5.02 Å². The Morgan fingerprint density at radius 2 is 1.66 bits per heavy atom. The van der Waals surface area contributed by atoms with Crippen molar-refractivity contribution in [2.24, 2.45) is 0 Å². The van der Waals surface area contributed by atoms with Crippen molar-refractivity contribution in [1.29, 1.82) is 0 Å². The van der Waals surface area contributed by atoms with Gasteiger partial charge in [0.05, 0.1) is 0 Å². The number of thiocarbonyl (C=S) groups is 1. The molecule has 1 amide bonds. The zero-order chi connectivity index (χ0) is 24.5. The smallest absolute Gasteiger partial charge is 0.293 e. The maximum atomic E-state index is 12.6. The van der Waals surface area contributed by atoms with Gasteiger partial charge < -0.3 is 14.2 Å². The second-order valence-electron chi connectivity index (χ2n) is 8.08. The van der Waals surface area contributed by atoms with Crippen molar-refractivity contribution in [2.45, 2.75) is 13.8 Å². The molecule has 2 aromatic heterocycles. The van der Waals surface area contributed by atoms with E-state index in [1.54, 1.807) is 42.5 Å². The summed E-state index contributed by atoms with van der Waals surface area (Å²) in [5.41, 5.74) is 6.02. The number of amides is 1. The molecule has 0 radical (unpaired) electrons. The van der Waals surface area contributed by atoms with Crippen molar-refractivity contribution < 1.29 is 13.6 Å². The highest BCUT2D eigenvalue weighted by Gasteiger charge is 2.15. The van der Waals surface area contributed by atoms with Crippen molar-refractivity contribution in [1.82, 2.24) is 10.3 Å². The topological polar surface area (TPSA) is 80.3 Å². The van der Waals surface area contributed by atoms with Gasteiger partial charge in [0.25, 0.3) is 5.91 Å². The van der Waals surface area contributed by atoms with E-state index >= 15 is 0 Å². The highest BCUT2D eigenvalue weighted by atomic mass is 35.5. The summed E-state index contributed by atoms with van der Waals surface area (Å²) in [7, 11) is 0. The van der Waals surface area contributed by atoms with Crippen LogP contribution in [0.25, 0.3) is 33.9 Å². The van der Waals surface area contributed by atoms with E-state index in [4.69, 9.17) is 32.7 Å². The molecule has 5 aromatic rings. The van der Waals surface area contributed by atoms with Gasteiger partial charge in [-0.2, -0.15) is 0 Å². The van der Waals surface area contributed by atoms with E-state index in [0.717, 1.165) is 16.7 Å². The Balaban J connectivity index is 1.26. The molecule has 174 valence electrons. The lowest BCUT2D eigenvalue weighted by Gasteiger charge is -2.08. The van der Waals surface area contributed by atoms with E-state index in [2.05, 4.69) is 15.6 Å². The molecule has 6 nitrogen and oxygen atoms in total. The van der Waals surface area contributed by atoms with Crippen LogP contribution in [0.4, 0.5) is 5.69 Å². The monoisotopic (exact) mass is 501 g/mol. The summed E-state index contributed by atoms with van der Waals surface area (Å²) in [5.74, 6) is 0.833. The van der Waals surface area contributed by atoms with Crippen molar-refractivity contribution in [3.05, 3.63) is 94.7 Å². The number of aromatic nitrogens is 1. The summed E-state index contributed by atoms with van der Waals surface area (Å²) in [4.78, 5) is 17.2. The first-order valence-corrected chi connectivity index (χ1v) is 11.6. The highest BCUT2D eigenvalue weighted by molar-refractivity contribution is 7.80. The van der Waals surface area contributed by atoms with Crippen LogP contribution in [0.5, 0.6) is 0 Å². The van der Waals surface area contributed by atoms with Crippen molar-refractivity contribution in [3.8, 4) is 22.8 Å². The van der Waals surface area contributed by atoms with Crippen molar-refractivity contribution in [2.75, 3.05) is 5.32 Å². The molecule has 2 N–H and O–H groups in total. The SMILES string of the molecule is Cc1ccc(-c2ccc(C(=O)NC(=S)Nc3ccc4oc(-c5ccc(Cl)cc5)nc4c3)o2)cc1C. The van der Waals surface area contributed by atoms with Gasteiger partial charge in [0, 0.05) is 21.8 Å². The van der Waals surface area contributed by atoms with Gasteiger partial charge in [-0.05, 0) is 97.9 Å². The molecule has 2 heterocycles. The van der Waals surface area contributed by atoms with Crippen LogP contribution in [0.15, 0.2) is 81.6 Å². The Hall–Kier alpha value is -3.94. The lowest BCUT2D eigenvalue weighted by atomic mass is 10.1. The quantitative estimate of drug-likeness (QED) is 0.254. The first kappa shape index (κ1) is 22.8. The van der Waals surface area contributed by atoms with Gasteiger partial charge in [0.2, 0.25) is 5.89 Å². The van der Waals surface area contributed by atoms with Gasteiger partial charge in [-0.15, -0.1) is 0 Å². The number of hydrogen-bond acceptors (Lipinski definition) is 5. The lowest BCUT2D eigenvalue weighted by molar-refractivity contribution is 0.0951. The van der Waals surface area contributed by atoms with Gasteiger partial charge in [0.1, 0.15) is 11.3 Å². The molecule has 3 aromatic carbocycles. The molecule has 0 saturated carbocycles. The fourth-order valence-electron chi connectivity index (χ4n) is 3.56. The average molecular weight is 502 g/mol. The van der Waals surface area contributed by atoms with Crippen LogP contribution in [-0.2, 0) is 0 Å². The number of oxazole rings is 1. The number of hydrogen-bond donors (Lipinski definition) is 2. The number of benzene rings is 3. The molecule has 35 heavy (non-hydrogen) atoms. The van der Waals surface area contributed by atoms with E-state index in [-0.39, 0.29) is 10.9 Å². The van der Waals surface area contributed by atoms with Crippen LogP contribution in [0, 0.1) is 13.8 Å². The minimum Gasteiger partial charge on any atom is -0.451 e. The van der Waals surface area contributed by atoms with Gasteiger partial charge >= 0.3 is 0 Å². The van der Waals surface area contributed by atoms with E-state index < -0.39 is 5.91 Å². The zero-order valence-corrected chi connectivity index (χ0v) is 20.5. The highest BCUT2D eigenvalue weighted by Crippen LogP contribution is 2.27. The first-order chi connectivity index (χ1) is 16.9. The number of halogens is 1. The molecule has 0 atom stereocenters. The van der Waals surface area contributed by atoms with Crippen LogP contribution in [-0.4, -0.2) is 16.0 Å². The molecular weight excluding hydrogens is 482 g/mol. The van der Waals surface area contributed by atoms with E-state index in [0.29, 0.717) is 33.5 Å². The number of aryl methyl sites for hydroxylation is 2. The molecule has 0 bridgehead atoms. The maximum Gasteiger partial charge on any atom is 0.293 e. The minimum absolute atomic E-state index is 0.139. The van der Waals surface area contributed by atoms with Crippen LogP contribution in [0.3, 0.4) is 0 Å². The molecular formula is C27H20ClN3O3S. The third-order valence-corrected chi connectivity index (χ3v) is 6.04. The molecule has 0 saturated heterocycles. The van der Waals surface area contributed by atoms with Gasteiger partial charge in [-0.1, -0.05) is 23.7 Å². The zero-order valence-electron chi connectivity index (χ0n) is 18.9. The molecule has 8 heteroatoms. The normalized spacial score (nSPS) is 10.9. The molecule has 0 aliphatic carbocycles. The number of fused-ring (bicyclic) bond motifs is 1. The summed E-state index contributed by atoms with van der Waals surface area (Å²) in [6.45, 7) is 4.08. The number of furan rings is 1. The number of nitrogens with zero attached hydrogens (tertiary/aromatic N) is 1. The molecule has 5 rings (SSSR count). The Labute approximate surface area is 211 Å². The molecule has 0 fully saturated rings. The van der Waals surface area contributed by atoms with E-state index in [1.165, 1.54) is 5.56 Å². The van der Waals surface area contributed by atoms with Crippen LogP contribution in [0.1, 0.15) is 21.7 Å². The predicted octanol–water partition coefficient (Wildman–Crippen LogP) is 7.15. The number of carbonyl (C=O) groups excluding carboxylic acids is 1. The fourth-order valence-corrected chi connectivity index (χ4v) is 3.89. The van der Waals surface area contributed by atoms with Gasteiger partial charge in [0.15, 0.2) is 16.5 Å². The Morgan fingerprint density at radius 3 is 2.43 bits per heavy atom. The largest absolute Gasteiger partial charge is 0.451 e. The van der Waals surface area contributed by atoms with Crippen molar-refractivity contribution in [3.63, 3.8) is 0 Å². The Morgan fingerprint density at radius 1 is 0.886 bits per heavy atom. The second-order valence-corrected chi connectivity index (χ2v) is 8.92. The lowest BCUT2D eigenvalue weighted by Crippen LogP contribution is -2.33. The summed E-state index contributed by atoms with van der Waals surface area (Å²) in [6, 6.07) is 22.0. The summed E-state index contributed by atoms with van der Waals surface area (Å²) in [6.07, 6.45) is 0. The average Bonchev–Trinajstić information content (AvgIpc) is 3.49. The number of anilines is 1. The number of rotatable bonds is 4. The minimum atomic E-state index is -0.440. The molecule has 0 aliphatic heterocycles. The first-order valence-electron chi connectivity index (χ1n) is 10.8. The summed E-state index contributed by atoms with van der Waals surface area (Å²) in [5, 5.41) is 6.43. The third-order valence-electron chi connectivity index (χ3n) is 5.58. The fraction of sp³-hybridized carbons (Fsp3) is 0.0741.